The Balaban J connectivity index is 3.28. The molecule has 0 fully saturated rings. The van der Waals surface area contributed by atoms with Crippen LogP contribution >= 0.6 is 0 Å². The van der Waals surface area contributed by atoms with Crippen molar-refractivity contribution in [2.75, 3.05) is 0 Å². The summed E-state index contributed by atoms with van der Waals surface area (Å²) in [6.45, 7) is 1.60. The molecule has 0 spiro atoms. The minimum Gasteiger partial charge on any atom is -0.477 e. The van der Waals surface area contributed by atoms with Gasteiger partial charge < -0.3 is 10.2 Å². The Hall–Kier alpha value is -1.49. The first-order valence-electron chi connectivity index (χ1n) is 5.25. The van der Waals surface area contributed by atoms with Gasteiger partial charge in [-0.3, -0.25) is 0 Å². The van der Waals surface area contributed by atoms with Crippen molar-refractivity contribution in [2.45, 2.75) is 31.3 Å². The molecule has 1 rings (SSSR count). The number of halogens is 2. The molecule has 0 saturated carbocycles. The Kier molecular flexibility index (Phi) is 3.83. The van der Waals surface area contributed by atoms with Gasteiger partial charge in [-0.05, 0) is 12.0 Å². The second-order valence-corrected chi connectivity index (χ2v) is 3.86. The lowest BCUT2D eigenvalue weighted by atomic mass is 9.83. The summed E-state index contributed by atoms with van der Waals surface area (Å²) in [5.74, 6) is -6.54. The van der Waals surface area contributed by atoms with Gasteiger partial charge in [0.2, 0.25) is 0 Å². The van der Waals surface area contributed by atoms with Crippen LogP contribution in [0.4, 0.5) is 8.78 Å². The van der Waals surface area contributed by atoms with Crippen molar-refractivity contribution in [1.82, 2.24) is 0 Å². The topological polar surface area (TPSA) is 57.5 Å². The molecule has 0 aliphatic carbocycles. The summed E-state index contributed by atoms with van der Waals surface area (Å²) in [5, 5.41) is 18.6. The Bertz CT molecular complexity index is 392. The molecular formula is C12H14F2O3. The minimum absolute atomic E-state index is 0.0887. The number of aliphatic hydroxyl groups is 1. The maximum Gasteiger partial charge on any atom is 0.378 e. The van der Waals surface area contributed by atoms with Crippen LogP contribution in [0.15, 0.2) is 30.3 Å². The van der Waals surface area contributed by atoms with E-state index in [2.05, 4.69) is 0 Å². The molecule has 0 aromatic heterocycles. The molecule has 0 bridgehead atoms. The van der Waals surface area contributed by atoms with Crippen molar-refractivity contribution >= 4 is 5.97 Å². The highest BCUT2D eigenvalue weighted by molar-refractivity contribution is 5.77. The van der Waals surface area contributed by atoms with E-state index in [9.17, 15) is 18.7 Å². The number of alkyl halides is 2. The standard InChI is InChI=1S/C12H14F2O3/c1-2-8-11(17,12(13,14)10(15)16)9-6-4-3-5-7-9/h3-7,17H,2,8H2,1H3,(H,15,16). The Labute approximate surface area is 97.7 Å². The van der Waals surface area contributed by atoms with Crippen LogP contribution in [-0.2, 0) is 10.4 Å². The quantitative estimate of drug-likeness (QED) is 0.836. The van der Waals surface area contributed by atoms with Crippen LogP contribution in [-0.4, -0.2) is 22.1 Å². The van der Waals surface area contributed by atoms with Crippen LogP contribution in [0.1, 0.15) is 25.3 Å². The van der Waals surface area contributed by atoms with Gasteiger partial charge in [-0.2, -0.15) is 8.78 Å². The van der Waals surface area contributed by atoms with E-state index in [1.54, 1.807) is 13.0 Å². The molecule has 0 saturated heterocycles. The van der Waals surface area contributed by atoms with E-state index in [0.29, 0.717) is 0 Å². The maximum atomic E-state index is 13.6. The van der Waals surface area contributed by atoms with E-state index < -0.39 is 17.5 Å². The lowest BCUT2D eigenvalue weighted by Gasteiger charge is -2.33. The van der Waals surface area contributed by atoms with Crippen molar-refractivity contribution in [3.63, 3.8) is 0 Å². The van der Waals surface area contributed by atoms with E-state index in [0.717, 1.165) is 0 Å². The van der Waals surface area contributed by atoms with E-state index in [1.807, 2.05) is 0 Å². The van der Waals surface area contributed by atoms with Gasteiger partial charge in [0.15, 0.2) is 5.60 Å². The molecule has 2 N–H and O–H groups in total. The van der Waals surface area contributed by atoms with Crippen molar-refractivity contribution < 1.29 is 23.8 Å². The SMILES string of the molecule is CCCC(O)(c1ccccc1)C(F)(F)C(=O)O. The molecule has 1 atom stereocenters. The fraction of sp³-hybridized carbons (Fsp3) is 0.417. The van der Waals surface area contributed by atoms with Crippen molar-refractivity contribution in [3.8, 4) is 0 Å². The number of hydrogen-bond acceptors (Lipinski definition) is 2. The van der Waals surface area contributed by atoms with Crippen molar-refractivity contribution in [1.29, 1.82) is 0 Å². The summed E-state index contributed by atoms with van der Waals surface area (Å²) in [7, 11) is 0. The predicted molar refractivity (Wildman–Crippen MR) is 57.8 cm³/mol. The van der Waals surface area contributed by atoms with Crippen molar-refractivity contribution in [2.24, 2.45) is 0 Å². The highest BCUT2D eigenvalue weighted by Gasteiger charge is 2.59. The monoisotopic (exact) mass is 244 g/mol. The van der Waals surface area contributed by atoms with Crippen molar-refractivity contribution in [3.05, 3.63) is 35.9 Å². The van der Waals surface area contributed by atoms with Gasteiger partial charge in [-0.1, -0.05) is 43.7 Å². The summed E-state index contributed by atoms with van der Waals surface area (Å²) >= 11 is 0. The normalized spacial score (nSPS) is 15.3. The number of rotatable bonds is 5. The molecule has 1 aromatic rings. The minimum atomic E-state index is -4.22. The maximum absolute atomic E-state index is 13.6. The van der Waals surface area contributed by atoms with Gasteiger partial charge in [-0.25, -0.2) is 4.79 Å². The molecule has 5 heteroatoms. The first-order chi connectivity index (χ1) is 7.86. The summed E-state index contributed by atoms with van der Waals surface area (Å²) in [6.07, 6.45) is -0.0788. The summed E-state index contributed by atoms with van der Waals surface area (Å²) in [6, 6.07) is 7.16. The molecule has 1 unspecified atom stereocenters. The highest BCUT2D eigenvalue weighted by atomic mass is 19.3. The second-order valence-electron chi connectivity index (χ2n) is 3.86. The first-order valence-corrected chi connectivity index (χ1v) is 5.25. The average Bonchev–Trinajstić information content (AvgIpc) is 2.30. The van der Waals surface area contributed by atoms with E-state index in [4.69, 9.17) is 5.11 Å². The lowest BCUT2D eigenvalue weighted by Crippen LogP contribution is -2.50. The zero-order valence-electron chi connectivity index (χ0n) is 9.36. The Morgan fingerprint density at radius 2 is 1.82 bits per heavy atom. The zero-order valence-corrected chi connectivity index (χ0v) is 9.36. The van der Waals surface area contributed by atoms with Crippen LogP contribution in [0.25, 0.3) is 0 Å². The van der Waals surface area contributed by atoms with Gasteiger partial charge in [0.05, 0.1) is 0 Å². The van der Waals surface area contributed by atoms with Crippen LogP contribution in [0, 0.1) is 0 Å². The van der Waals surface area contributed by atoms with E-state index in [1.165, 1.54) is 24.3 Å². The van der Waals surface area contributed by atoms with Crippen LogP contribution < -0.4 is 0 Å². The van der Waals surface area contributed by atoms with Crippen LogP contribution in [0.3, 0.4) is 0 Å². The third-order valence-corrected chi connectivity index (χ3v) is 2.65. The molecule has 1 aromatic carbocycles. The van der Waals surface area contributed by atoms with E-state index >= 15 is 0 Å². The third kappa shape index (κ3) is 2.29. The predicted octanol–water partition coefficient (Wildman–Crippen LogP) is 2.39. The molecule has 17 heavy (non-hydrogen) atoms. The van der Waals surface area contributed by atoms with Crippen LogP contribution in [0.5, 0.6) is 0 Å². The Morgan fingerprint density at radius 3 is 2.24 bits per heavy atom. The van der Waals surface area contributed by atoms with Gasteiger partial charge in [0.25, 0.3) is 0 Å². The van der Waals surface area contributed by atoms with Gasteiger partial charge >= 0.3 is 11.9 Å². The van der Waals surface area contributed by atoms with Gasteiger partial charge in [0.1, 0.15) is 0 Å². The average molecular weight is 244 g/mol. The smallest absolute Gasteiger partial charge is 0.378 e. The molecule has 94 valence electrons. The molecule has 0 aliphatic rings. The molecular weight excluding hydrogens is 230 g/mol. The number of hydrogen-bond donors (Lipinski definition) is 2. The summed E-state index contributed by atoms with van der Waals surface area (Å²) < 4.78 is 27.2. The lowest BCUT2D eigenvalue weighted by molar-refractivity contribution is -0.214. The number of benzene rings is 1. The number of carboxylic acids is 1. The molecule has 0 aliphatic heterocycles. The number of carbonyl (C=O) groups is 1. The second kappa shape index (κ2) is 4.79. The summed E-state index contributed by atoms with van der Waals surface area (Å²) in [5.41, 5.74) is -2.76. The largest absolute Gasteiger partial charge is 0.477 e. The highest BCUT2D eigenvalue weighted by Crippen LogP contribution is 2.41. The third-order valence-electron chi connectivity index (χ3n) is 2.65. The fourth-order valence-corrected chi connectivity index (χ4v) is 1.74. The summed E-state index contributed by atoms with van der Waals surface area (Å²) in [4.78, 5) is 10.6. The molecule has 3 nitrogen and oxygen atoms in total. The van der Waals surface area contributed by atoms with Crippen LogP contribution in [0.2, 0.25) is 0 Å². The molecule has 0 heterocycles. The van der Waals surface area contributed by atoms with Gasteiger partial charge in [0, 0.05) is 0 Å². The fourth-order valence-electron chi connectivity index (χ4n) is 1.74. The number of carboxylic acid groups (broad SMARTS) is 1. The molecule has 0 amide bonds. The number of aliphatic carboxylic acids is 1. The molecule has 0 radical (unpaired) electrons. The van der Waals surface area contributed by atoms with Gasteiger partial charge in [-0.15, -0.1) is 0 Å². The zero-order chi connectivity index (χ0) is 13.1. The van der Waals surface area contributed by atoms with E-state index in [-0.39, 0.29) is 18.4 Å². The Morgan fingerprint density at radius 1 is 1.29 bits per heavy atom. The first kappa shape index (κ1) is 13.6.